The lowest BCUT2D eigenvalue weighted by Gasteiger charge is -2.16. The summed E-state index contributed by atoms with van der Waals surface area (Å²) in [5.41, 5.74) is 0.894. The van der Waals surface area contributed by atoms with Gasteiger partial charge in [0.15, 0.2) is 11.5 Å². The van der Waals surface area contributed by atoms with Gasteiger partial charge in [0, 0.05) is 25.1 Å². The van der Waals surface area contributed by atoms with E-state index in [1.165, 1.54) is 18.2 Å². The van der Waals surface area contributed by atoms with E-state index in [-0.39, 0.29) is 34.3 Å². The predicted molar refractivity (Wildman–Crippen MR) is 96.9 cm³/mol. The van der Waals surface area contributed by atoms with Gasteiger partial charge in [-0.1, -0.05) is 19.1 Å². The molecule has 136 valence electrons. The highest BCUT2D eigenvalue weighted by Gasteiger charge is 2.24. The maximum absolute atomic E-state index is 12.5. The Morgan fingerprint density at radius 1 is 1.12 bits per heavy atom. The van der Waals surface area contributed by atoms with Gasteiger partial charge in [0.05, 0.1) is 5.56 Å². The summed E-state index contributed by atoms with van der Waals surface area (Å²) in [5, 5.41) is 0. The predicted octanol–water partition coefficient (Wildman–Crippen LogP) is 3.17. The first-order valence-electron chi connectivity index (χ1n) is 8.39. The van der Waals surface area contributed by atoms with E-state index in [9.17, 15) is 18.0 Å². The van der Waals surface area contributed by atoms with E-state index in [0.29, 0.717) is 18.7 Å². The van der Waals surface area contributed by atoms with Gasteiger partial charge in [0.2, 0.25) is 5.91 Å². The second-order valence-corrected chi connectivity index (χ2v) is 7.50. The van der Waals surface area contributed by atoms with Crippen LogP contribution in [0.5, 0.6) is 5.75 Å². The minimum Gasteiger partial charge on any atom is -0.378 e. The molecule has 1 amide bonds. The van der Waals surface area contributed by atoms with Crippen molar-refractivity contribution in [3.05, 3.63) is 54.1 Å². The number of hydrogen-bond acceptors (Lipinski definition) is 5. The highest BCUT2D eigenvalue weighted by atomic mass is 32.2. The fourth-order valence-electron chi connectivity index (χ4n) is 2.84. The van der Waals surface area contributed by atoms with Crippen LogP contribution in [0.1, 0.15) is 36.5 Å². The molecule has 3 rings (SSSR count). The van der Waals surface area contributed by atoms with Gasteiger partial charge >= 0.3 is 10.1 Å². The third kappa shape index (κ3) is 3.62. The van der Waals surface area contributed by atoms with Crippen LogP contribution in [0.4, 0.5) is 5.69 Å². The Bertz CT molecular complexity index is 935. The second-order valence-electron chi connectivity index (χ2n) is 5.95. The van der Waals surface area contributed by atoms with Gasteiger partial charge in [-0.15, -0.1) is 0 Å². The van der Waals surface area contributed by atoms with Crippen molar-refractivity contribution in [2.24, 2.45) is 0 Å². The van der Waals surface area contributed by atoms with E-state index in [0.717, 1.165) is 6.42 Å². The number of para-hydroxylation sites is 1. The van der Waals surface area contributed by atoms with Crippen LogP contribution >= 0.6 is 0 Å². The smallest absolute Gasteiger partial charge is 0.339 e. The zero-order chi connectivity index (χ0) is 18.7. The second kappa shape index (κ2) is 7.29. The van der Waals surface area contributed by atoms with E-state index >= 15 is 0 Å². The molecule has 0 saturated carbocycles. The summed E-state index contributed by atoms with van der Waals surface area (Å²) < 4.78 is 30.3. The molecule has 1 aliphatic rings. The lowest BCUT2D eigenvalue weighted by atomic mass is 10.1. The average molecular weight is 373 g/mol. The van der Waals surface area contributed by atoms with Crippen molar-refractivity contribution in [1.29, 1.82) is 0 Å². The van der Waals surface area contributed by atoms with Crippen LogP contribution in [0.15, 0.2) is 53.4 Å². The van der Waals surface area contributed by atoms with Gasteiger partial charge in [0.25, 0.3) is 0 Å². The molecule has 1 saturated heterocycles. The van der Waals surface area contributed by atoms with Crippen LogP contribution in [0.25, 0.3) is 0 Å². The molecule has 2 aromatic carbocycles. The molecule has 0 spiro atoms. The normalized spacial score (nSPS) is 14.5. The first kappa shape index (κ1) is 18.1. The first-order chi connectivity index (χ1) is 12.4. The molecule has 1 heterocycles. The summed E-state index contributed by atoms with van der Waals surface area (Å²) in [6, 6.07) is 12.2. The van der Waals surface area contributed by atoms with Crippen molar-refractivity contribution in [1.82, 2.24) is 0 Å². The zero-order valence-corrected chi connectivity index (χ0v) is 15.2. The molecule has 0 N–H and O–H groups in total. The molecule has 2 aromatic rings. The van der Waals surface area contributed by atoms with Gasteiger partial charge < -0.3 is 9.08 Å². The fourth-order valence-corrected chi connectivity index (χ4v) is 3.79. The SMILES string of the molecule is CCC(=O)c1ccccc1OS(=O)(=O)c1ccc(N2CCCC2=O)cc1. The summed E-state index contributed by atoms with van der Waals surface area (Å²) in [5.74, 6) is -0.152. The average Bonchev–Trinajstić information content (AvgIpc) is 3.07. The Hall–Kier alpha value is -2.67. The highest BCUT2D eigenvalue weighted by Crippen LogP contribution is 2.26. The molecule has 0 bridgehead atoms. The number of anilines is 1. The van der Waals surface area contributed by atoms with Gasteiger partial charge in [0.1, 0.15) is 4.90 Å². The summed E-state index contributed by atoms with van der Waals surface area (Å²) in [7, 11) is -4.09. The topological polar surface area (TPSA) is 80.8 Å². The van der Waals surface area contributed by atoms with Gasteiger partial charge in [-0.05, 0) is 42.8 Å². The number of carbonyl (C=O) groups is 2. The number of carbonyl (C=O) groups excluding carboxylic acids is 2. The highest BCUT2D eigenvalue weighted by molar-refractivity contribution is 7.87. The van der Waals surface area contributed by atoms with E-state index in [4.69, 9.17) is 4.18 Å². The molecule has 0 atom stereocenters. The molecular formula is C19H19NO5S. The van der Waals surface area contributed by atoms with Gasteiger partial charge in [-0.2, -0.15) is 8.42 Å². The number of amides is 1. The number of nitrogens with zero attached hydrogens (tertiary/aromatic N) is 1. The molecule has 6 nitrogen and oxygen atoms in total. The maximum Gasteiger partial charge on any atom is 0.339 e. The molecule has 0 unspecified atom stereocenters. The Kier molecular flexibility index (Phi) is 5.08. The Morgan fingerprint density at radius 2 is 1.81 bits per heavy atom. The van der Waals surface area contributed by atoms with Gasteiger partial charge in [-0.25, -0.2) is 0 Å². The van der Waals surface area contributed by atoms with Crippen molar-refractivity contribution in [3.63, 3.8) is 0 Å². The first-order valence-corrected chi connectivity index (χ1v) is 9.80. The molecule has 7 heteroatoms. The van der Waals surface area contributed by atoms with Crippen LogP contribution in [-0.2, 0) is 14.9 Å². The van der Waals surface area contributed by atoms with Crippen molar-refractivity contribution >= 4 is 27.5 Å². The minimum atomic E-state index is -4.09. The molecular weight excluding hydrogens is 354 g/mol. The number of ketones is 1. The van der Waals surface area contributed by atoms with Crippen molar-refractivity contribution in [3.8, 4) is 5.75 Å². The molecule has 0 aromatic heterocycles. The van der Waals surface area contributed by atoms with E-state index in [1.807, 2.05) is 0 Å². The molecule has 0 aliphatic carbocycles. The van der Waals surface area contributed by atoms with E-state index in [2.05, 4.69) is 0 Å². The summed E-state index contributed by atoms with van der Waals surface area (Å²) in [6.45, 7) is 2.33. The molecule has 26 heavy (non-hydrogen) atoms. The number of rotatable bonds is 6. The van der Waals surface area contributed by atoms with Crippen molar-refractivity contribution in [2.75, 3.05) is 11.4 Å². The summed E-state index contributed by atoms with van der Waals surface area (Å²) in [4.78, 5) is 25.3. The monoisotopic (exact) mass is 373 g/mol. The minimum absolute atomic E-state index is 0.0122. The Balaban J connectivity index is 1.85. The van der Waals surface area contributed by atoms with Crippen LogP contribution in [0.2, 0.25) is 0 Å². The molecule has 0 radical (unpaired) electrons. The van der Waals surface area contributed by atoms with E-state index < -0.39 is 10.1 Å². The summed E-state index contributed by atoms with van der Waals surface area (Å²) >= 11 is 0. The zero-order valence-electron chi connectivity index (χ0n) is 14.3. The largest absolute Gasteiger partial charge is 0.378 e. The van der Waals surface area contributed by atoms with Crippen molar-refractivity contribution < 1.29 is 22.2 Å². The maximum atomic E-state index is 12.5. The van der Waals surface area contributed by atoms with Crippen LogP contribution in [0.3, 0.4) is 0 Å². The fraction of sp³-hybridized carbons (Fsp3) is 0.263. The Labute approximate surface area is 152 Å². The summed E-state index contributed by atoms with van der Waals surface area (Å²) in [6.07, 6.45) is 1.55. The number of hydrogen-bond donors (Lipinski definition) is 0. The number of Topliss-reactive ketones (excluding diaryl/α,β-unsaturated/α-hetero) is 1. The standard InChI is InChI=1S/C19H19NO5S/c1-2-17(21)16-6-3-4-7-18(16)25-26(23,24)15-11-9-14(10-12-15)20-13-5-8-19(20)22/h3-4,6-7,9-12H,2,5,8,13H2,1H3. The third-order valence-electron chi connectivity index (χ3n) is 4.22. The van der Waals surface area contributed by atoms with Gasteiger partial charge in [-0.3, -0.25) is 9.59 Å². The number of benzene rings is 2. The lowest BCUT2D eigenvalue weighted by molar-refractivity contribution is -0.117. The van der Waals surface area contributed by atoms with Crippen molar-refractivity contribution in [2.45, 2.75) is 31.1 Å². The van der Waals surface area contributed by atoms with Crippen LogP contribution < -0.4 is 9.08 Å². The lowest BCUT2D eigenvalue weighted by Crippen LogP contribution is -2.23. The van der Waals surface area contributed by atoms with E-state index in [1.54, 1.807) is 42.2 Å². The van der Waals surface area contributed by atoms with Crippen LogP contribution in [0, 0.1) is 0 Å². The molecule has 1 fully saturated rings. The molecule has 1 aliphatic heterocycles. The quantitative estimate of drug-likeness (QED) is 0.574. The third-order valence-corrected chi connectivity index (χ3v) is 5.47. The Morgan fingerprint density at radius 3 is 2.42 bits per heavy atom. The van der Waals surface area contributed by atoms with Crippen LogP contribution in [-0.4, -0.2) is 26.7 Å².